The summed E-state index contributed by atoms with van der Waals surface area (Å²) in [6.45, 7) is 1.58. The molecule has 0 heterocycles. The van der Waals surface area contributed by atoms with Crippen LogP contribution in [0.2, 0.25) is 0 Å². The van der Waals surface area contributed by atoms with E-state index < -0.39 is 11.8 Å². The number of nitrogens with one attached hydrogen (secondary N) is 1. The Bertz CT molecular complexity index is 697. The summed E-state index contributed by atoms with van der Waals surface area (Å²) < 4.78 is 13.1. The second-order valence-corrected chi connectivity index (χ2v) is 4.33. The number of hydrazone groups is 1. The van der Waals surface area contributed by atoms with E-state index in [4.69, 9.17) is 5.11 Å². The van der Waals surface area contributed by atoms with Gasteiger partial charge in [-0.1, -0.05) is 11.8 Å². The second-order valence-electron chi connectivity index (χ2n) is 4.33. The van der Waals surface area contributed by atoms with E-state index in [1.54, 1.807) is 19.1 Å². The molecule has 0 unspecified atom stereocenters. The van der Waals surface area contributed by atoms with Crippen molar-refractivity contribution in [3.05, 3.63) is 59.4 Å². The first-order valence-electron chi connectivity index (χ1n) is 6.08. The van der Waals surface area contributed by atoms with Crippen molar-refractivity contribution in [2.75, 3.05) is 5.43 Å². The normalized spacial score (nSPS) is 11.2. The number of benzene rings is 2. The van der Waals surface area contributed by atoms with Gasteiger partial charge < -0.3 is 10.2 Å². The van der Waals surface area contributed by atoms with Gasteiger partial charge in [0.15, 0.2) is 0 Å². The lowest BCUT2D eigenvalue weighted by molar-refractivity contribution is -0.268. The summed E-state index contributed by atoms with van der Waals surface area (Å²) in [5, 5.41) is 24.4. The Morgan fingerprint density at radius 1 is 1.24 bits per heavy atom. The van der Waals surface area contributed by atoms with Crippen molar-refractivity contribution in [2.45, 2.75) is 6.92 Å². The first-order valence-corrected chi connectivity index (χ1v) is 6.08. The number of hydrogen-bond acceptors (Lipinski definition) is 4. The fraction of sp³-hybridized carbons (Fsp3) is 0.0667. The van der Waals surface area contributed by atoms with Gasteiger partial charge >= 0.3 is 5.97 Å². The SMILES string of the molecule is C/C(=N\Nc1ccc(C(=O)O)cc1)c1cc(F)ccc1[O-]. The van der Waals surface area contributed by atoms with Crippen LogP contribution < -0.4 is 10.5 Å². The van der Waals surface area contributed by atoms with Gasteiger partial charge in [0, 0.05) is 0 Å². The standard InChI is InChI=1S/C15H13FN2O3/c1-9(13-8-11(16)4-7-14(13)19)17-18-12-5-2-10(3-6-12)15(20)21/h2-8,18-19H,1H3,(H,20,21)/p-1/b17-9+. The van der Waals surface area contributed by atoms with Crippen molar-refractivity contribution < 1.29 is 19.4 Å². The van der Waals surface area contributed by atoms with Gasteiger partial charge in [-0.15, -0.1) is 0 Å². The Labute approximate surface area is 120 Å². The maximum Gasteiger partial charge on any atom is 0.335 e. The third-order valence-corrected chi connectivity index (χ3v) is 2.82. The summed E-state index contributed by atoms with van der Waals surface area (Å²) in [6.07, 6.45) is 0. The molecule has 0 saturated heterocycles. The predicted octanol–water partition coefficient (Wildman–Crippen LogP) is 2.43. The highest BCUT2D eigenvalue weighted by molar-refractivity contribution is 6.01. The van der Waals surface area contributed by atoms with Crippen molar-refractivity contribution in [2.24, 2.45) is 5.10 Å². The zero-order valence-electron chi connectivity index (χ0n) is 11.1. The van der Waals surface area contributed by atoms with E-state index in [9.17, 15) is 14.3 Å². The van der Waals surface area contributed by atoms with E-state index in [2.05, 4.69) is 10.5 Å². The van der Waals surface area contributed by atoms with Gasteiger partial charge in [-0.05, 0) is 48.9 Å². The number of nitrogens with zero attached hydrogens (tertiary/aromatic N) is 1. The Balaban J connectivity index is 2.16. The van der Waals surface area contributed by atoms with Crippen LogP contribution in [0.1, 0.15) is 22.8 Å². The van der Waals surface area contributed by atoms with Crippen LogP contribution in [0.25, 0.3) is 0 Å². The van der Waals surface area contributed by atoms with Gasteiger partial charge in [-0.2, -0.15) is 5.10 Å². The first-order chi connectivity index (χ1) is 9.97. The van der Waals surface area contributed by atoms with Crippen LogP contribution in [0.4, 0.5) is 10.1 Å². The molecule has 0 aliphatic carbocycles. The van der Waals surface area contributed by atoms with E-state index >= 15 is 0 Å². The largest absolute Gasteiger partial charge is 0.872 e. The van der Waals surface area contributed by atoms with Crippen LogP contribution in [0.3, 0.4) is 0 Å². The Morgan fingerprint density at radius 3 is 2.52 bits per heavy atom. The average molecular weight is 287 g/mol. The number of carbonyl (C=O) groups is 1. The van der Waals surface area contributed by atoms with E-state index in [0.717, 1.165) is 18.2 Å². The number of carboxylic acids is 1. The number of aromatic carboxylic acids is 1. The highest BCUT2D eigenvalue weighted by Crippen LogP contribution is 2.16. The molecule has 2 aromatic carbocycles. The molecule has 108 valence electrons. The van der Waals surface area contributed by atoms with Crippen LogP contribution in [-0.2, 0) is 0 Å². The lowest BCUT2D eigenvalue weighted by Gasteiger charge is -2.13. The lowest BCUT2D eigenvalue weighted by atomic mass is 10.1. The molecule has 0 saturated carbocycles. The molecule has 2 aromatic rings. The summed E-state index contributed by atoms with van der Waals surface area (Å²) in [4.78, 5) is 10.7. The number of anilines is 1. The molecule has 0 radical (unpaired) electrons. The van der Waals surface area contributed by atoms with E-state index in [-0.39, 0.29) is 16.9 Å². The summed E-state index contributed by atoms with van der Waals surface area (Å²) in [5.74, 6) is -1.84. The van der Waals surface area contributed by atoms with Crippen molar-refractivity contribution in [1.82, 2.24) is 0 Å². The van der Waals surface area contributed by atoms with Gasteiger partial charge in [-0.3, -0.25) is 5.43 Å². The maximum absolute atomic E-state index is 13.1. The van der Waals surface area contributed by atoms with Gasteiger partial charge in [0.2, 0.25) is 0 Å². The van der Waals surface area contributed by atoms with E-state index in [1.165, 1.54) is 12.1 Å². The maximum atomic E-state index is 13.1. The monoisotopic (exact) mass is 287 g/mol. The number of halogens is 1. The summed E-state index contributed by atoms with van der Waals surface area (Å²) >= 11 is 0. The van der Waals surface area contributed by atoms with Crippen LogP contribution in [0.15, 0.2) is 47.6 Å². The minimum atomic E-state index is -1.02. The second kappa shape index (κ2) is 6.04. The van der Waals surface area contributed by atoms with Crippen molar-refractivity contribution in [1.29, 1.82) is 0 Å². The van der Waals surface area contributed by atoms with Crippen LogP contribution >= 0.6 is 0 Å². The number of carboxylic acid groups (broad SMARTS) is 1. The molecule has 21 heavy (non-hydrogen) atoms. The molecule has 0 atom stereocenters. The summed E-state index contributed by atoms with van der Waals surface area (Å²) in [7, 11) is 0. The number of rotatable bonds is 4. The summed E-state index contributed by atoms with van der Waals surface area (Å²) in [6, 6.07) is 9.31. The van der Waals surface area contributed by atoms with Crippen LogP contribution in [0, 0.1) is 5.82 Å². The third-order valence-electron chi connectivity index (χ3n) is 2.82. The molecule has 0 amide bonds. The minimum Gasteiger partial charge on any atom is -0.872 e. The molecule has 5 nitrogen and oxygen atoms in total. The molecule has 0 spiro atoms. The molecular weight excluding hydrogens is 275 g/mol. The number of hydrogen-bond donors (Lipinski definition) is 2. The minimum absolute atomic E-state index is 0.160. The first kappa shape index (κ1) is 14.5. The fourth-order valence-electron chi connectivity index (χ4n) is 1.68. The quantitative estimate of drug-likeness (QED) is 0.668. The van der Waals surface area contributed by atoms with Gasteiger partial charge in [0.05, 0.1) is 17.0 Å². The van der Waals surface area contributed by atoms with Crippen LogP contribution in [0.5, 0.6) is 5.75 Å². The highest BCUT2D eigenvalue weighted by atomic mass is 19.1. The van der Waals surface area contributed by atoms with Gasteiger partial charge in [0.25, 0.3) is 0 Å². The molecule has 0 aliphatic rings. The zero-order valence-corrected chi connectivity index (χ0v) is 11.1. The van der Waals surface area contributed by atoms with E-state index in [1.807, 2.05) is 0 Å². The van der Waals surface area contributed by atoms with Crippen LogP contribution in [-0.4, -0.2) is 16.8 Å². The third kappa shape index (κ3) is 3.56. The molecule has 2 rings (SSSR count). The molecular formula is C15H12FN2O3-. The van der Waals surface area contributed by atoms with Crippen molar-refractivity contribution in [3.63, 3.8) is 0 Å². The smallest absolute Gasteiger partial charge is 0.335 e. The Kier molecular flexibility index (Phi) is 4.18. The summed E-state index contributed by atoms with van der Waals surface area (Å²) in [5.41, 5.74) is 3.91. The molecule has 0 aliphatic heterocycles. The molecule has 0 aromatic heterocycles. The Morgan fingerprint density at radius 2 is 1.90 bits per heavy atom. The van der Waals surface area contributed by atoms with Gasteiger partial charge in [-0.25, -0.2) is 9.18 Å². The average Bonchev–Trinajstić information content (AvgIpc) is 2.47. The molecule has 6 heteroatoms. The highest BCUT2D eigenvalue weighted by Gasteiger charge is 2.03. The van der Waals surface area contributed by atoms with Gasteiger partial charge in [0.1, 0.15) is 5.82 Å². The lowest BCUT2D eigenvalue weighted by Crippen LogP contribution is -2.05. The molecule has 0 fully saturated rings. The predicted molar refractivity (Wildman–Crippen MR) is 75.1 cm³/mol. The Hall–Kier alpha value is -2.89. The zero-order chi connectivity index (χ0) is 15.4. The van der Waals surface area contributed by atoms with Crippen molar-refractivity contribution >= 4 is 17.4 Å². The fourth-order valence-corrected chi connectivity index (χ4v) is 1.68. The topological polar surface area (TPSA) is 84.8 Å². The van der Waals surface area contributed by atoms with Crippen molar-refractivity contribution in [3.8, 4) is 5.75 Å². The molecule has 0 bridgehead atoms. The molecule has 2 N–H and O–H groups in total. The van der Waals surface area contributed by atoms with E-state index in [0.29, 0.717) is 11.4 Å².